The zero-order valence-electron chi connectivity index (χ0n) is 46.5. The fourth-order valence-electron chi connectivity index (χ4n) is 8.08. The lowest BCUT2D eigenvalue weighted by Gasteiger charge is -2.18. The van der Waals surface area contributed by atoms with E-state index in [1.54, 1.807) is 0 Å². The van der Waals surface area contributed by atoms with E-state index in [4.69, 9.17) is 14.2 Å². The highest BCUT2D eigenvalue weighted by atomic mass is 16.6. The average molecular weight is 988 g/mol. The predicted molar refractivity (Wildman–Crippen MR) is 307 cm³/mol. The maximum Gasteiger partial charge on any atom is 0.306 e. The number of allylic oxidation sites excluding steroid dienone is 16. The van der Waals surface area contributed by atoms with Gasteiger partial charge in [-0.3, -0.25) is 14.4 Å². The summed E-state index contributed by atoms with van der Waals surface area (Å²) in [6.45, 7) is 6.48. The molecule has 0 heterocycles. The van der Waals surface area contributed by atoms with E-state index in [2.05, 4.69) is 118 Å². The van der Waals surface area contributed by atoms with Crippen LogP contribution in [-0.2, 0) is 28.6 Å². The normalized spacial score (nSPS) is 12.8. The van der Waals surface area contributed by atoms with Crippen LogP contribution in [0.2, 0.25) is 0 Å². The molecular weight excluding hydrogens is 877 g/mol. The third-order valence-corrected chi connectivity index (χ3v) is 12.5. The highest BCUT2D eigenvalue weighted by Crippen LogP contribution is 2.14. The molecule has 71 heavy (non-hydrogen) atoms. The molecule has 0 fully saturated rings. The average Bonchev–Trinajstić information content (AvgIpc) is 3.37. The molecule has 0 aliphatic carbocycles. The molecule has 0 amide bonds. The molecule has 0 aromatic heterocycles. The highest BCUT2D eigenvalue weighted by molar-refractivity contribution is 5.71. The molecule has 0 aliphatic rings. The number of esters is 3. The van der Waals surface area contributed by atoms with Crippen molar-refractivity contribution in [3.63, 3.8) is 0 Å². The van der Waals surface area contributed by atoms with Crippen LogP contribution in [0, 0.1) is 0 Å². The van der Waals surface area contributed by atoms with Gasteiger partial charge in [0.05, 0.1) is 0 Å². The van der Waals surface area contributed by atoms with E-state index in [-0.39, 0.29) is 31.1 Å². The molecule has 0 aliphatic heterocycles. The highest BCUT2D eigenvalue weighted by Gasteiger charge is 2.19. The van der Waals surface area contributed by atoms with E-state index in [1.807, 2.05) is 0 Å². The van der Waals surface area contributed by atoms with Gasteiger partial charge in [-0.15, -0.1) is 0 Å². The second-order valence-corrected chi connectivity index (χ2v) is 19.5. The number of hydrogen-bond donors (Lipinski definition) is 0. The Bertz CT molecular complexity index is 1410. The van der Waals surface area contributed by atoms with Crippen LogP contribution in [0.25, 0.3) is 0 Å². The largest absolute Gasteiger partial charge is 0.462 e. The molecule has 0 aromatic rings. The third-order valence-electron chi connectivity index (χ3n) is 12.5. The van der Waals surface area contributed by atoms with Crippen LogP contribution < -0.4 is 0 Å². The summed E-state index contributed by atoms with van der Waals surface area (Å²) in [6, 6.07) is 0. The molecule has 0 bridgehead atoms. The van der Waals surface area contributed by atoms with Crippen molar-refractivity contribution in [1.82, 2.24) is 0 Å². The Morgan fingerprint density at radius 1 is 0.296 bits per heavy atom. The summed E-state index contributed by atoms with van der Waals surface area (Å²) in [5.74, 6) is -0.922. The summed E-state index contributed by atoms with van der Waals surface area (Å²) in [4.78, 5) is 38.2. The van der Waals surface area contributed by atoms with Crippen molar-refractivity contribution in [2.75, 3.05) is 13.2 Å². The second kappa shape index (κ2) is 58.9. The molecule has 0 saturated heterocycles. The van der Waals surface area contributed by atoms with Crippen LogP contribution in [-0.4, -0.2) is 37.2 Å². The summed E-state index contributed by atoms with van der Waals surface area (Å²) in [7, 11) is 0. The van der Waals surface area contributed by atoms with E-state index in [0.717, 1.165) is 135 Å². The molecule has 6 nitrogen and oxygen atoms in total. The Morgan fingerprint density at radius 3 is 0.859 bits per heavy atom. The van der Waals surface area contributed by atoms with E-state index < -0.39 is 6.10 Å². The first-order valence-electron chi connectivity index (χ1n) is 29.7. The molecular formula is C65H110O6. The Morgan fingerprint density at radius 2 is 0.549 bits per heavy atom. The first-order chi connectivity index (χ1) is 35.0. The quantitative estimate of drug-likeness (QED) is 0.0261. The van der Waals surface area contributed by atoms with Crippen molar-refractivity contribution in [2.45, 2.75) is 284 Å². The molecule has 6 heteroatoms. The van der Waals surface area contributed by atoms with E-state index in [0.29, 0.717) is 19.3 Å². The topological polar surface area (TPSA) is 78.9 Å². The smallest absolute Gasteiger partial charge is 0.306 e. The fourth-order valence-corrected chi connectivity index (χ4v) is 8.08. The monoisotopic (exact) mass is 987 g/mol. The SMILES string of the molecule is CC/C=C\C/C=C\C/C=C\C/C=C\CCCCCCCCC(=O)OCC(COC(=O)CCCCCCC/C=C\C/C=C\CCCCCC)OC(=O)CCCCCCCCC/C=C\C/C=C\CCCCCC. The Hall–Kier alpha value is -3.67. The van der Waals surface area contributed by atoms with Gasteiger partial charge in [0, 0.05) is 19.3 Å². The summed E-state index contributed by atoms with van der Waals surface area (Å²) >= 11 is 0. The van der Waals surface area contributed by atoms with Gasteiger partial charge >= 0.3 is 17.9 Å². The van der Waals surface area contributed by atoms with Gasteiger partial charge in [0.1, 0.15) is 13.2 Å². The molecule has 406 valence electrons. The van der Waals surface area contributed by atoms with Gasteiger partial charge in [-0.05, 0) is 122 Å². The predicted octanol–water partition coefficient (Wildman–Crippen LogP) is 20.1. The van der Waals surface area contributed by atoms with Gasteiger partial charge in [0.15, 0.2) is 6.10 Å². The molecule has 1 unspecified atom stereocenters. The molecule has 0 rings (SSSR count). The second-order valence-electron chi connectivity index (χ2n) is 19.5. The zero-order chi connectivity index (χ0) is 51.4. The van der Waals surface area contributed by atoms with Crippen molar-refractivity contribution < 1.29 is 28.6 Å². The van der Waals surface area contributed by atoms with Gasteiger partial charge in [0.2, 0.25) is 0 Å². The summed E-state index contributed by atoms with van der Waals surface area (Å²) in [5, 5.41) is 0. The van der Waals surface area contributed by atoms with Crippen molar-refractivity contribution in [2.24, 2.45) is 0 Å². The Labute approximate surface area is 438 Å². The van der Waals surface area contributed by atoms with Gasteiger partial charge in [0.25, 0.3) is 0 Å². The van der Waals surface area contributed by atoms with E-state index >= 15 is 0 Å². The number of carbonyl (C=O) groups excluding carboxylic acids is 3. The maximum absolute atomic E-state index is 12.9. The lowest BCUT2D eigenvalue weighted by atomic mass is 10.1. The van der Waals surface area contributed by atoms with Crippen LogP contribution >= 0.6 is 0 Å². The maximum atomic E-state index is 12.9. The fraction of sp³-hybridized carbons (Fsp3) is 0.708. The van der Waals surface area contributed by atoms with Crippen molar-refractivity contribution >= 4 is 17.9 Å². The third kappa shape index (κ3) is 57.1. The molecule has 0 aromatic carbocycles. The Balaban J connectivity index is 4.45. The molecule has 0 spiro atoms. The van der Waals surface area contributed by atoms with Crippen molar-refractivity contribution in [3.8, 4) is 0 Å². The van der Waals surface area contributed by atoms with Gasteiger partial charge in [-0.2, -0.15) is 0 Å². The lowest BCUT2D eigenvalue weighted by Crippen LogP contribution is -2.30. The number of hydrogen-bond acceptors (Lipinski definition) is 6. The van der Waals surface area contributed by atoms with Gasteiger partial charge in [-0.1, -0.05) is 234 Å². The first-order valence-corrected chi connectivity index (χ1v) is 29.7. The van der Waals surface area contributed by atoms with Crippen LogP contribution in [0.15, 0.2) is 97.2 Å². The molecule has 0 N–H and O–H groups in total. The minimum absolute atomic E-state index is 0.0931. The van der Waals surface area contributed by atoms with Crippen LogP contribution in [0.5, 0.6) is 0 Å². The number of ether oxygens (including phenoxy) is 3. The molecule has 1 atom stereocenters. The van der Waals surface area contributed by atoms with E-state index in [1.165, 1.54) is 103 Å². The number of carbonyl (C=O) groups is 3. The summed E-state index contributed by atoms with van der Waals surface area (Å²) < 4.78 is 16.9. The first kappa shape index (κ1) is 67.3. The zero-order valence-corrected chi connectivity index (χ0v) is 46.5. The Kier molecular flexibility index (Phi) is 55.9. The minimum atomic E-state index is -0.796. The molecule has 0 radical (unpaired) electrons. The molecule has 0 saturated carbocycles. The van der Waals surface area contributed by atoms with Gasteiger partial charge < -0.3 is 14.2 Å². The van der Waals surface area contributed by atoms with Gasteiger partial charge in [-0.25, -0.2) is 0 Å². The standard InChI is InChI=1S/C65H110O6/c1-4-7-10-13-16-19-22-25-28-31-33-35-37-40-43-46-49-52-55-58-64(67)70-61-62(60-69-63(66)57-54-51-48-45-42-39-36-30-27-24-21-18-15-12-9-6-3)71-65(68)59-56-53-50-47-44-41-38-34-32-29-26-23-20-17-14-11-8-5-2/h7,10,16,19-21,23-25,28-30,32-33,35-36,62H,4-6,8-9,11-15,17-18,22,26-27,31,34,37-61H2,1-3H3/b10-7-,19-16-,23-20-,24-21-,28-25-,32-29-,35-33-,36-30-. The lowest BCUT2D eigenvalue weighted by molar-refractivity contribution is -0.167. The van der Waals surface area contributed by atoms with Crippen molar-refractivity contribution in [1.29, 1.82) is 0 Å². The van der Waals surface area contributed by atoms with Crippen LogP contribution in [0.3, 0.4) is 0 Å². The number of rotatable bonds is 53. The summed E-state index contributed by atoms with van der Waals surface area (Å²) in [6.07, 6.45) is 78.2. The van der Waals surface area contributed by atoms with Crippen molar-refractivity contribution in [3.05, 3.63) is 97.2 Å². The van der Waals surface area contributed by atoms with Crippen LogP contribution in [0.4, 0.5) is 0 Å². The minimum Gasteiger partial charge on any atom is -0.462 e. The summed E-state index contributed by atoms with van der Waals surface area (Å²) in [5.41, 5.74) is 0. The number of unbranched alkanes of at least 4 members (excludes halogenated alkanes) is 26. The van der Waals surface area contributed by atoms with E-state index in [9.17, 15) is 14.4 Å². The van der Waals surface area contributed by atoms with Crippen LogP contribution in [0.1, 0.15) is 278 Å².